The predicted molar refractivity (Wildman–Crippen MR) is 63.0 cm³/mol. The summed E-state index contributed by atoms with van der Waals surface area (Å²) in [6, 6.07) is -0.594. The third-order valence-corrected chi connectivity index (χ3v) is 3.73. The Kier molecular flexibility index (Phi) is 4.64. The highest BCUT2D eigenvalue weighted by atomic mass is 19.4. The van der Waals surface area contributed by atoms with Crippen LogP contribution in [0.4, 0.5) is 13.2 Å². The van der Waals surface area contributed by atoms with Gasteiger partial charge in [0.05, 0.1) is 6.04 Å². The molecule has 0 radical (unpaired) electrons. The van der Waals surface area contributed by atoms with Crippen molar-refractivity contribution in [2.45, 2.75) is 45.8 Å². The molecule has 1 saturated carbocycles. The van der Waals surface area contributed by atoms with E-state index < -0.39 is 24.7 Å². The number of nitrogens with one attached hydrogen (secondary N) is 2. The van der Waals surface area contributed by atoms with E-state index in [-0.39, 0.29) is 5.41 Å². The van der Waals surface area contributed by atoms with Crippen molar-refractivity contribution in [3.05, 3.63) is 0 Å². The molecule has 1 aliphatic rings. The van der Waals surface area contributed by atoms with Gasteiger partial charge in [0.2, 0.25) is 5.91 Å². The van der Waals surface area contributed by atoms with Crippen LogP contribution in [0.1, 0.15) is 33.6 Å². The fourth-order valence-electron chi connectivity index (χ4n) is 1.91. The van der Waals surface area contributed by atoms with Gasteiger partial charge in [-0.2, -0.15) is 13.2 Å². The van der Waals surface area contributed by atoms with Crippen LogP contribution in [-0.2, 0) is 4.79 Å². The van der Waals surface area contributed by atoms with Gasteiger partial charge in [-0.1, -0.05) is 13.8 Å². The van der Waals surface area contributed by atoms with Gasteiger partial charge in [-0.15, -0.1) is 0 Å². The molecule has 1 unspecified atom stereocenters. The molecule has 0 aliphatic heterocycles. The summed E-state index contributed by atoms with van der Waals surface area (Å²) in [4.78, 5) is 11.4. The van der Waals surface area contributed by atoms with Gasteiger partial charge < -0.3 is 10.6 Å². The van der Waals surface area contributed by atoms with Gasteiger partial charge in [0.1, 0.15) is 6.54 Å². The van der Waals surface area contributed by atoms with Crippen molar-refractivity contribution in [3.8, 4) is 0 Å². The van der Waals surface area contributed by atoms with Gasteiger partial charge >= 0.3 is 6.18 Å². The third kappa shape index (κ3) is 4.48. The molecule has 0 heterocycles. The van der Waals surface area contributed by atoms with Crippen LogP contribution < -0.4 is 10.6 Å². The molecule has 0 aromatic heterocycles. The first-order valence-corrected chi connectivity index (χ1v) is 6.24. The van der Waals surface area contributed by atoms with Crippen LogP contribution in [0.25, 0.3) is 0 Å². The van der Waals surface area contributed by atoms with E-state index in [2.05, 4.69) is 19.2 Å². The molecule has 0 aromatic carbocycles. The Hall–Kier alpha value is -0.780. The summed E-state index contributed by atoms with van der Waals surface area (Å²) >= 11 is 0. The quantitative estimate of drug-likeness (QED) is 0.773. The highest BCUT2D eigenvalue weighted by Crippen LogP contribution is 2.51. The second kappa shape index (κ2) is 5.47. The molecule has 18 heavy (non-hydrogen) atoms. The fraction of sp³-hybridized carbons (Fsp3) is 0.917. The number of rotatable bonds is 6. The maximum atomic E-state index is 11.9. The first-order valence-electron chi connectivity index (χ1n) is 6.24. The van der Waals surface area contributed by atoms with E-state index in [9.17, 15) is 18.0 Å². The molecule has 2 N–H and O–H groups in total. The SMILES string of the molecule is CC(NCC1(C(C)C)CC1)C(=O)NCC(F)(F)F. The zero-order valence-corrected chi connectivity index (χ0v) is 11.0. The van der Waals surface area contributed by atoms with E-state index in [1.807, 2.05) is 5.32 Å². The molecule has 0 bridgehead atoms. The number of halogens is 3. The minimum Gasteiger partial charge on any atom is -0.346 e. The molecule has 1 fully saturated rings. The molecule has 1 aliphatic carbocycles. The highest BCUT2D eigenvalue weighted by molar-refractivity contribution is 5.81. The van der Waals surface area contributed by atoms with Crippen LogP contribution in [0, 0.1) is 11.3 Å². The Balaban J connectivity index is 2.28. The van der Waals surface area contributed by atoms with Gasteiger partial charge in [-0.3, -0.25) is 4.79 Å². The predicted octanol–water partition coefficient (Wildman–Crippen LogP) is 2.08. The minimum atomic E-state index is -4.36. The Morgan fingerprint density at radius 2 is 1.83 bits per heavy atom. The van der Waals surface area contributed by atoms with Crippen LogP contribution in [-0.4, -0.2) is 31.2 Å². The lowest BCUT2D eigenvalue weighted by Gasteiger charge is -2.23. The number of hydrogen-bond donors (Lipinski definition) is 2. The number of hydrogen-bond acceptors (Lipinski definition) is 2. The molecule has 6 heteroatoms. The molecule has 1 amide bonds. The largest absolute Gasteiger partial charge is 0.405 e. The first-order chi connectivity index (χ1) is 8.16. The van der Waals surface area contributed by atoms with Crippen molar-refractivity contribution < 1.29 is 18.0 Å². The van der Waals surface area contributed by atoms with E-state index >= 15 is 0 Å². The van der Waals surface area contributed by atoms with Crippen molar-refractivity contribution in [1.82, 2.24) is 10.6 Å². The zero-order valence-electron chi connectivity index (χ0n) is 11.0. The average molecular weight is 266 g/mol. The first kappa shape index (κ1) is 15.3. The standard InChI is InChI=1S/C12H21F3N2O/c1-8(2)11(4-5-11)6-16-9(3)10(18)17-7-12(13,14)15/h8-9,16H,4-7H2,1-3H3,(H,17,18). The second-order valence-corrected chi connectivity index (χ2v) is 5.45. The van der Waals surface area contributed by atoms with Crippen LogP contribution in [0.3, 0.4) is 0 Å². The molecule has 106 valence electrons. The normalized spacial score (nSPS) is 19.7. The van der Waals surface area contributed by atoms with Gasteiger partial charge in [-0.05, 0) is 31.1 Å². The summed E-state index contributed by atoms with van der Waals surface area (Å²) in [5.41, 5.74) is 0.235. The molecule has 1 rings (SSSR count). The van der Waals surface area contributed by atoms with Crippen LogP contribution in [0.2, 0.25) is 0 Å². The van der Waals surface area contributed by atoms with Crippen LogP contribution >= 0.6 is 0 Å². The summed E-state index contributed by atoms with van der Waals surface area (Å²) in [7, 11) is 0. The number of carbonyl (C=O) groups is 1. The van der Waals surface area contributed by atoms with Gasteiger partial charge in [-0.25, -0.2) is 0 Å². The summed E-state index contributed by atoms with van der Waals surface area (Å²) in [6.45, 7) is 5.26. The molecule has 3 nitrogen and oxygen atoms in total. The molecule has 0 spiro atoms. The van der Waals surface area contributed by atoms with E-state index in [0.29, 0.717) is 12.5 Å². The van der Waals surface area contributed by atoms with E-state index in [0.717, 1.165) is 12.8 Å². The number of carbonyl (C=O) groups excluding carboxylic acids is 1. The lowest BCUT2D eigenvalue weighted by atomic mass is 9.92. The van der Waals surface area contributed by atoms with Crippen molar-refractivity contribution in [1.29, 1.82) is 0 Å². The number of amides is 1. The van der Waals surface area contributed by atoms with Crippen LogP contribution in [0.15, 0.2) is 0 Å². The average Bonchev–Trinajstić information content (AvgIpc) is 3.02. The van der Waals surface area contributed by atoms with Crippen molar-refractivity contribution in [3.63, 3.8) is 0 Å². The smallest absolute Gasteiger partial charge is 0.346 e. The topological polar surface area (TPSA) is 41.1 Å². The van der Waals surface area contributed by atoms with Crippen LogP contribution in [0.5, 0.6) is 0 Å². The monoisotopic (exact) mass is 266 g/mol. The Labute approximate surface area is 106 Å². The maximum absolute atomic E-state index is 11.9. The van der Waals surface area contributed by atoms with Gasteiger partial charge in [0.25, 0.3) is 0 Å². The van der Waals surface area contributed by atoms with Crippen molar-refractivity contribution in [2.24, 2.45) is 11.3 Å². The second-order valence-electron chi connectivity index (χ2n) is 5.45. The highest BCUT2D eigenvalue weighted by Gasteiger charge is 2.45. The lowest BCUT2D eigenvalue weighted by molar-refractivity contribution is -0.139. The fourth-order valence-corrected chi connectivity index (χ4v) is 1.91. The third-order valence-electron chi connectivity index (χ3n) is 3.73. The molecular formula is C12H21F3N2O. The Morgan fingerprint density at radius 1 is 1.28 bits per heavy atom. The number of alkyl halides is 3. The zero-order chi connectivity index (χ0) is 14.0. The van der Waals surface area contributed by atoms with E-state index in [1.165, 1.54) is 0 Å². The van der Waals surface area contributed by atoms with Gasteiger partial charge in [0, 0.05) is 6.54 Å². The molecular weight excluding hydrogens is 245 g/mol. The van der Waals surface area contributed by atoms with Crippen molar-refractivity contribution >= 4 is 5.91 Å². The van der Waals surface area contributed by atoms with E-state index in [1.54, 1.807) is 6.92 Å². The Bertz CT molecular complexity index is 298. The summed E-state index contributed by atoms with van der Waals surface area (Å²) in [6.07, 6.45) is -2.12. The molecule has 1 atom stereocenters. The van der Waals surface area contributed by atoms with Gasteiger partial charge in [0.15, 0.2) is 0 Å². The minimum absolute atomic E-state index is 0.235. The Morgan fingerprint density at radius 3 is 2.22 bits per heavy atom. The lowest BCUT2D eigenvalue weighted by Crippen LogP contribution is -2.47. The summed E-state index contributed by atoms with van der Waals surface area (Å²) < 4.78 is 35.8. The van der Waals surface area contributed by atoms with E-state index in [4.69, 9.17) is 0 Å². The molecule has 0 saturated heterocycles. The summed E-state index contributed by atoms with van der Waals surface area (Å²) in [5, 5.41) is 4.91. The molecule has 0 aromatic rings. The maximum Gasteiger partial charge on any atom is 0.405 e. The van der Waals surface area contributed by atoms with Crippen molar-refractivity contribution in [2.75, 3.05) is 13.1 Å². The summed E-state index contributed by atoms with van der Waals surface area (Å²) in [5.74, 6) is -0.0812.